The zero-order chi connectivity index (χ0) is 16.8. The van der Waals surface area contributed by atoms with Gasteiger partial charge in [0.15, 0.2) is 0 Å². The van der Waals surface area contributed by atoms with Crippen LogP contribution in [0.2, 0.25) is 0 Å². The van der Waals surface area contributed by atoms with Gasteiger partial charge in [-0.05, 0) is 0 Å². The predicted molar refractivity (Wildman–Crippen MR) is 97.8 cm³/mol. The molecule has 0 aliphatic carbocycles. The van der Waals surface area contributed by atoms with Crippen LogP contribution in [0.4, 0.5) is 0 Å². The topological polar surface area (TPSA) is 56.4 Å². The molecule has 0 amide bonds. The summed E-state index contributed by atoms with van der Waals surface area (Å²) in [6.45, 7) is 20.7. The maximum absolute atomic E-state index is 4.39. The molecule has 1 radical (unpaired) electrons. The third-order valence-corrected chi connectivity index (χ3v) is 2.70. The summed E-state index contributed by atoms with van der Waals surface area (Å²) in [7, 11) is 0. The Balaban J connectivity index is -0.000000315. The van der Waals surface area contributed by atoms with Crippen LogP contribution in [-0.4, -0.2) is 43.4 Å². The second-order valence-corrected chi connectivity index (χ2v) is 6.05. The van der Waals surface area contributed by atoms with Crippen LogP contribution in [0.15, 0.2) is 0 Å². The molecule has 0 spiro atoms. The van der Waals surface area contributed by atoms with E-state index in [0.29, 0.717) is 24.2 Å². The molecule has 0 aliphatic rings. The molecule has 4 nitrogen and oxygen atoms in total. The van der Waals surface area contributed by atoms with Gasteiger partial charge in [0.1, 0.15) is 0 Å². The van der Waals surface area contributed by atoms with Crippen LogP contribution < -0.4 is 0 Å². The van der Waals surface area contributed by atoms with E-state index >= 15 is 0 Å². The molecule has 0 heterocycles. The third-order valence-electron chi connectivity index (χ3n) is 2.70. The van der Waals surface area contributed by atoms with Crippen molar-refractivity contribution in [2.24, 2.45) is 0 Å². The summed E-state index contributed by atoms with van der Waals surface area (Å²) in [6.07, 6.45) is 1.27. The van der Waals surface area contributed by atoms with Crippen molar-refractivity contribution in [2.75, 3.05) is 13.1 Å². The molecule has 0 aromatic rings. The summed E-state index contributed by atoms with van der Waals surface area (Å²) in [5.74, 6) is 0. The van der Waals surface area contributed by atoms with E-state index < -0.39 is 0 Å². The maximum Gasteiger partial charge on any atom is 0 e. The Morgan fingerprint density at radius 2 is 0.955 bits per heavy atom. The number of nitrogens with zero attached hydrogens (tertiary/aromatic N) is 4. The zero-order valence-corrected chi connectivity index (χ0v) is 17.2. The monoisotopic (exact) mass is 357 g/mol. The molecule has 0 saturated carbocycles. The molecule has 139 valence electrons. The summed E-state index contributed by atoms with van der Waals surface area (Å²) < 4.78 is 0. The van der Waals surface area contributed by atoms with E-state index in [1.54, 1.807) is 0 Å². The van der Waals surface area contributed by atoms with Gasteiger partial charge in [-0.2, -0.15) is 13.1 Å². The molecule has 0 aromatic carbocycles. The van der Waals surface area contributed by atoms with Crippen LogP contribution in [0.1, 0.15) is 68.7 Å². The minimum Gasteiger partial charge on any atom is -0.676 e. The van der Waals surface area contributed by atoms with Crippen molar-refractivity contribution in [1.82, 2.24) is 0 Å². The Hall–Kier alpha value is 0.346. The van der Waals surface area contributed by atoms with Crippen molar-refractivity contribution < 1.29 is 16.8 Å². The van der Waals surface area contributed by atoms with Crippen molar-refractivity contribution in [2.45, 2.75) is 99.1 Å². The number of hydrogen-bond acceptors (Lipinski definition) is 0. The van der Waals surface area contributed by atoms with Crippen molar-refractivity contribution in [3.8, 4) is 0 Å². The summed E-state index contributed by atoms with van der Waals surface area (Å²) in [4.78, 5) is 0. The van der Waals surface area contributed by atoms with Crippen LogP contribution in [0.5, 0.6) is 0 Å². The van der Waals surface area contributed by atoms with E-state index in [9.17, 15) is 0 Å². The smallest absolute Gasteiger partial charge is 0 e. The van der Waals surface area contributed by atoms with Crippen LogP contribution in [0.25, 0.3) is 21.3 Å². The Morgan fingerprint density at radius 1 is 0.636 bits per heavy atom. The first-order valence-corrected chi connectivity index (χ1v) is 8.45. The van der Waals surface area contributed by atoms with Gasteiger partial charge < -0.3 is 21.3 Å². The Morgan fingerprint density at radius 3 is 1.18 bits per heavy atom. The zero-order valence-electron chi connectivity index (χ0n) is 16.1. The van der Waals surface area contributed by atoms with Gasteiger partial charge in [-0.1, -0.05) is 61.8 Å². The van der Waals surface area contributed by atoms with Crippen molar-refractivity contribution in [3.05, 3.63) is 21.3 Å². The molecule has 22 heavy (non-hydrogen) atoms. The molecule has 0 rings (SSSR count). The molecule has 2 atom stereocenters. The van der Waals surface area contributed by atoms with Crippen LogP contribution in [0, 0.1) is 0 Å². The quantitative estimate of drug-likeness (QED) is 0.472. The fourth-order valence-electron chi connectivity index (χ4n) is 2.17. The molecule has 2 unspecified atom stereocenters. The molecule has 0 saturated heterocycles. The van der Waals surface area contributed by atoms with Gasteiger partial charge in [0, 0.05) is 16.8 Å². The van der Waals surface area contributed by atoms with Gasteiger partial charge in [-0.25, -0.2) is 6.17 Å². The summed E-state index contributed by atoms with van der Waals surface area (Å²) in [5, 5.41) is 17.5. The van der Waals surface area contributed by atoms with Crippen LogP contribution >= 0.6 is 0 Å². The first-order valence-electron chi connectivity index (χ1n) is 8.45. The average molecular weight is 357 g/mol. The van der Waals surface area contributed by atoms with Gasteiger partial charge >= 0.3 is 0 Å². The molecule has 0 aliphatic heterocycles. The van der Waals surface area contributed by atoms with Gasteiger partial charge in [-0.3, -0.25) is 0 Å². The van der Waals surface area contributed by atoms with Crippen molar-refractivity contribution in [3.63, 3.8) is 0 Å². The fraction of sp³-hybridized carbons (Fsp3) is 1.00. The second kappa shape index (κ2) is 17.7. The van der Waals surface area contributed by atoms with Crippen LogP contribution in [-0.2, 0) is 16.8 Å². The Kier molecular flexibility index (Phi) is 21.9. The summed E-state index contributed by atoms with van der Waals surface area (Å²) in [5.41, 5.74) is 0. The maximum atomic E-state index is 4.39. The number of rotatable bonds is 10. The van der Waals surface area contributed by atoms with E-state index in [1.165, 1.54) is 0 Å². The van der Waals surface area contributed by atoms with Crippen molar-refractivity contribution >= 4 is 0 Å². The standard InChI is InChI=1S/C9H20N2.C8H18N2.Co/c1-5-10-8(3)7-9(4)11-6-2;1-6(2)9-8(5)10-7(3)4;/h8-9H,5-7H2,1-4H3;6-8H,1-5H3;/q2*-2;. The van der Waals surface area contributed by atoms with Gasteiger partial charge in [0.05, 0.1) is 0 Å². The minimum absolute atomic E-state index is 0. The summed E-state index contributed by atoms with van der Waals surface area (Å²) in [6, 6.07) is 1.76. The first-order chi connectivity index (χ1) is 9.72. The normalized spacial score (nSPS) is 13.6. The Bertz CT molecular complexity index is 193. The van der Waals surface area contributed by atoms with Gasteiger partial charge in [-0.15, -0.1) is 31.1 Å². The largest absolute Gasteiger partial charge is 0.676 e. The predicted octanol–water partition coefficient (Wildman–Crippen LogP) is 5.83. The van der Waals surface area contributed by atoms with E-state index in [0.717, 1.165) is 19.5 Å². The Labute approximate surface area is 150 Å². The molecule has 0 bridgehead atoms. The molecule has 0 aromatic heterocycles. The fourth-order valence-corrected chi connectivity index (χ4v) is 2.17. The number of hydrogen-bond donors (Lipinski definition) is 0. The molecule has 5 heteroatoms. The van der Waals surface area contributed by atoms with E-state index in [4.69, 9.17) is 0 Å². The van der Waals surface area contributed by atoms with E-state index in [1.807, 2.05) is 6.92 Å². The molecular formula is C17H38CoN4-4. The molecule has 0 N–H and O–H groups in total. The van der Waals surface area contributed by atoms with Gasteiger partial charge in [0.2, 0.25) is 0 Å². The van der Waals surface area contributed by atoms with E-state index in [2.05, 4.69) is 76.7 Å². The average Bonchev–Trinajstić information content (AvgIpc) is 2.27. The van der Waals surface area contributed by atoms with E-state index in [-0.39, 0.29) is 22.9 Å². The van der Waals surface area contributed by atoms with Crippen LogP contribution in [0.3, 0.4) is 0 Å². The molecular weight excluding hydrogens is 319 g/mol. The minimum atomic E-state index is 0. The SMILES string of the molecule is CC(C)[N-]C(C)[N-]C(C)C.CC[N-]C(C)CC(C)[N-]CC.[Co]. The van der Waals surface area contributed by atoms with Gasteiger partial charge in [0.25, 0.3) is 0 Å². The first kappa shape index (κ1) is 27.2. The second-order valence-electron chi connectivity index (χ2n) is 6.05. The summed E-state index contributed by atoms with van der Waals surface area (Å²) >= 11 is 0. The third kappa shape index (κ3) is 22.6. The molecule has 0 fully saturated rings. The van der Waals surface area contributed by atoms with Crippen molar-refractivity contribution in [1.29, 1.82) is 0 Å².